The van der Waals surface area contributed by atoms with E-state index in [-0.39, 0.29) is 0 Å². The summed E-state index contributed by atoms with van der Waals surface area (Å²) in [4.78, 5) is 0. The molecule has 0 aliphatic heterocycles. The Balaban J connectivity index is 3.45. The molecule has 0 fully saturated rings. The summed E-state index contributed by atoms with van der Waals surface area (Å²) in [5.41, 5.74) is -1.03. The van der Waals surface area contributed by atoms with Crippen molar-refractivity contribution in [2.45, 2.75) is 5.13 Å². The molecule has 0 aromatic carbocycles. The van der Waals surface area contributed by atoms with Gasteiger partial charge in [-0.1, -0.05) is 23.2 Å². The van der Waals surface area contributed by atoms with Gasteiger partial charge in [-0.05, 0) is 0 Å². The highest BCUT2D eigenvalue weighted by Crippen LogP contribution is 2.45. The van der Waals surface area contributed by atoms with E-state index in [0.29, 0.717) is 0 Å². The lowest BCUT2D eigenvalue weighted by atomic mass is 10.1. The van der Waals surface area contributed by atoms with Crippen LogP contribution < -0.4 is 0 Å². The highest BCUT2D eigenvalue weighted by molar-refractivity contribution is 6.49. The fourth-order valence-electron chi connectivity index (χ4n) is 0.750. The first-order valence-corrected chi connectivity index (χ1v) is 4.12. The van der Waals surface area contributed by atoms with E-state index in [1.54, 1.807) is 0 Å². The molecule has 1 atom stereocenters. The molecule has 0 saturated heterocycles. The summed E-state index contributed by atoms with van der Waals surface area (Å²) in [5, 5.41) is -4.83. The van der Waals surface area contributed by atoms with Crippen molar-refractivity contribution in [2.24, 2.45) is 4.51 Å². The molecule has 0 radical (unpaired) electrons. The molecule has 1 aliphatic carbocycles. The standard InChI is InChI=1S/C6Cl3F4N/c7-1-3(14-9)2(10)5(12)6(8,13)4(1)11/b14-3-. The van der Waals surface area contributed by atoms with Crippen LogP contribution in [0.3, 0.4) is 0 Å². The topological polar surface area (TPSA) is 12.4 Å². The van der Waals surface area contributed by atoms with Crippen molar-refractivity contribution in [3.05, 3.63) is 22.5 Å². The zero-order valence-electron chi connectivity index (χ0n) is 6.09. The summed E-state index contributed by atoms with van der Waals surface area (Å²) >= 11 is 14.6. The number of nitrogens with zero attached hydrogens (tertiary/aromatic N) is 1. The third-order valence-corrected chi connectivity index (χ3v) is 2.28. The molecule has 0 N–H and O–H groups in total. The molecule has 0 aromatic rings. The Bertz CT molecular complexity index is 341. The molecule has 1 nitrogen and oxygen atoms in total. The first-order valence-electron chi connectivity index (χ1n) is 3.03. The van der Waals surface area contributed by atoms with Crippen molar-refractivity contribution in [3.63, 3.8) is 0 Å². The molecule has 78 valence electrons. The van der Waals surface area contributed by atoms with Crippen LogP contribution in [-0.4, -0.2) is 10.8 Å². The van der Waals surface area contributed by atoms with Crippen molar-refractivity contribution in [1.29, 1.82) is 0 Å². The average molecular weight is 268 g/mol. The second-order valence-electron chi connectivity index (χ2n) is 2.26. The van der Waals surface area contributed by atoms with Crippen molar-refractivity contribution in [2.75, 3.05) is 0 Å². The number of hydrogen-bond acceptors (Lipinski definition) is 1. The van der Waals surface area contributed by atoms with E-state index in [2.05, 4.69) is 4.51 Å². The minimum Gasteiger partial charge on any atom is -0.210 e. The number of allylic oxidation sites excluding steroid dienone is 4. The van der Waals surface area contributed by atoms with E-state index in [4.69, 9.17) is 35.0 Å². The zero-order valence-corrected chi connectivity index (χ0v) is 8.36. The lowest BCUT2D eigenvalue weighted by molar-refractivity contribution is 0.265. The lowest BCUT2D eigenvalue weighted by Crippen LogP contribution is -2.26. The number of halogens is 7. The Morgan fingerprint density at radius 1 is 1.14 bits per heavy atom. The molecule has 0 bridgehead atoms. The first-order chi connectivity index (χ1) is 6.34. The Morgan fingerprint density at radius 2 is 1.64 bits per heavy atom. The minimum atomic E-state index is -3.73. The zero-order chi connectivity index (χ0) is 11.1. The van der Waals surface area contributed by atoms with E-state index < -0.39 is 33.4 Å². The van der Waals surface area contributed by atoms with Crippen LogP contribution in [0, 0.1) is 0 Å². The van der Waals surface area contributed by atoms with E-state index in [1.165, 1.54) is 0 Å². The van der Waals surface area contributed by atoms with Crippen molar-refractivity contribution in [1.82, 2.24) is 0 Å². The SMILES string of the molecule is FC1=C(F)C(F)(Cl)C(F)=C(Cl)/C1=N/Cl. The predicted molar refractivity (Wildman–Crippen MR) is 46.2 cm³/mol. The van der Waals surface area contributed by atoms with Gasteiger partial charge in [-0.25, -0.2) is 17.6 Å². The number of rotatable bonds is 0. The maximum Gasteiger partial charge on any atom is 0.290 e. The smallest absolute Gasteiger partial charge is 0.210 e. The second-order valence-corrected chi connectivity index (χ2v) is 3.33. The number of hydrogen-bond donors (Lipinski definition) is 0. The third kappa shape index (κ3) is 1.53. The molecule has 1 rings (SSSR count). The molecular weight excluding hydrogens is 268 g/mol. The molecular formula is C6Cl3F4N. The third-order valence-electron chi connectivity index (χ3n) is 1.44. The maximum atomic E-state index is 12.9. The first kappa shape index (κ1) is 11.8. The van der Waals surface area contributed by atoms with Gasteiger partial charge in [-0.15, -0.1) is 0 Å². The van der Waals surface area contributed by atoms with Gasteiger partial charge in [0.05, 0.1) is 0 Å². The maximum absolute atomic E-state index is 12.9. The molecule has 0 saturated carbocycles. The van der Waals surface area contributed by atoms with Crippen molar-refractivity contribution >= 4 is 40.7 Å². The van der Waals surface area contributed by atoms with Crippen LogP contribution >= 0.6 is 35.0 Å². The monoisotopic (exact) mass is 267 g/mol. The summed E-state index contributed by atoms with van der Waals surface area (Å²) in [6, 6.07) is 0. The van der Waals surface area contributed by atoms with Crippen LogP contribution in [0.4, 0.5) is 17.6 Å². The lowest BCUT2D eigenvalue weighted by Gasteiger charge is -2.20. The van der Waals surface area contributed by atoms with Crippen LogP contribution in [0.15, 0.2) is 27.0 Å². The highest BCUT2D eigenvalue weighted by atomic mass is 35.5. The van der Waals surface area contributed by atoms with E-state index in [0.717, 1.165) is 0 Å². The summed E-state index contributed by atoms with van der Waals surface area (Å²) in [6.07, 6.45) is 0. The Labute approximate surface area is 90.8 Å². The van der Waals surface area contributed by atoms with Crippen LogP contribution in [0.1, 0.15) is 0 Å². The minimum absolute atomic E-state index is 1.03. The van der Waals surface area contributed by atoms with Crippen LogP contribution in [0.25, 0.3) is 0 Å². The van der Waals surface area contributed by atoms with Crippen LogP contribution in [0.5, 0.6) is 0 Å². The van der Waals surface area contributed by atoms with E-state index in [9.17, 15) is 17.6 Å². The average Bonchev–Trinajstić information content (AvgIpc) is 2.14. The molecule has 0 aromatic heterocycles. The molecule has 8 heteroatoms. The normalized spacial score (nSPS) is 31.8. The van der Waals surface area contributed by atoms with Crippen LogP contribution in [0.2, 0.25) is 0 Å². The highest BCUT2D eigenvalue weighted by Gasteiger charge is 2.48. The van der Waals surface area contributed by atoms with Gasteiger partial charge in [0.1, 0.15) is 10.7 Å². The molecule has 14 heavy (non-hydrogen) atoms. The fourth-order valence-corrected chi connectivity index (χ4v) is 1.43. The van der Waals surface area contributed by atoms with Gasteiger partial charge in [-0.2, -0.15) is 4.51 Å². The van der Waals surface area contributed by atoms with Gasteiger partial charge in [0.25, 0.3) is 5.13 Å². The van der Waals surface area contributed by atoms with Crippen molar-refractivity contribution < 1.29 is 17.6 Å². The molecule has 0 amide bonds. The summed E-state index contributed by atoms with van der Waals surface area (Å²) < 4.78 is 54.0. The fraction of sp³-hybridized carbons (Fsp3) is 0.167. The van der Waals surface area contributed by atoms with Gasteiger partial charge in [0.2, 0.25) is 0 Å². The van der Waals surface area contributed by atoms with Gasteiger partial charge in [0.15, 0.2) is 17.5 Å². The second kappa shape index (κ2) is 3.72. The predicted octanol–water partition coefficient (Wildman–Crippen LogP) is 4.07. The molecule has 0 heterocycles. The Morgan fingerprint density at radius 3 is 2.07 bits per heavy atom. The van der Waals surface area contributed by atoms with E-state index in [1.807, 2.05) is 0 Å². The Hall–Kier alpha value is -0.260. The number of alkyl halides is 2. The van der Waals surface area contributed by atoms with E-state index >= 15 is 0 Å². The molecule has 0 spiro atoms. The molecule has 1 unspecified atom stereocenters. The van der Waals surface area contributed by atoms with Gasteiger partial charge >= 0.3 is 0 Å². The largest absolute Gasteiger partial charge is 0.290 e. The Kier molecular flexibility index (Phi) is 3.13. The summed E-state index contributed by atoms with van der Waals surface area (Å²) in [6.45, 7) is 0. The summed E-state index contributed by atoms with van der Waals surface area (Å²) in [5.74, 6) is -5.89. The summed E-state index contributed by atoms with van der Waals surface area (Å²) in [7, 11) is 0. The van der Waals surface area contributed by atoms with Gasteiger partial charge in [0, 0.05) is 11.8 Å². The van der Waals surface area contributed by atoms with Crippen LogP contribution in [-0.2, 0) is 0 Å². The quantitative estimate of drug-likeness (QED) is 0.464. The van der Waals surface area contributed by atoms with Gasteiger partial charge in [-0.3, -0.25) is 0 Å². The molecule has 1 aliphatic rings. The van der Waals surface area contributed by atoms with Gasteiger partial charge < -0.3 is 0 Å². The van der Waals surface area contributed by atoms with Crippen molar-refractivity contribution in [3.8, 4) is 0 Å².